The Hall–Kier alpha value is -1.93. The third-order valence-electron chi connectivity index (χ3n) is 7.82. The van der Waals surface area contributed by atoms with Gasteiger partial charge >= 0.3 is 0 Å². The van der Waals surface area contributed by atoms with E-state index < -0.39 is 32.9 Å². The van der Waals surface area contributed by atoms with Crippen LogP contribution in [0.3, 0.4) is 0 Å². The highest BCUT2D eigenvalue weighted by Crippen LogP contribution is 2.64. The van der Waals surface area contributed by atoms with Crippen LogP contribution >= 0.6 is 0 Å². The number of hydrogen-bond donors (Lipinski definition) is 3. The number of rotatable bonds is 5. The lowest BCUT2D eigenvalue weighted by Gasteiger charge is -2.59. The fraction of sp³-hybridized carbons (Fsp3) is 0.636. The van der Waals surface area contributed by atoms with Gasteiger partial charge in [-0.1, -0.05) is 32.9 Å². The van der Waals surface area contributed by atoms with Crippen LogP contribution < -0.4 is 5.32 Å². The molecule has 3 N–H and O–H groups in total. The molecular weight excluding hydrogens is 406 g/mol. The summed E-state index contributed by atoms with van der Waals surface area (Å²) in [5, 5.41) is 13.8. The van der Waals surface area contributed by atoms with Crippen LogP contribution in [0.15, 0.2) is 35.3 Å². The lowest BCUT2D eigenvalue weighted by atomic mass is 9.44. The van der Waals surface area contributed by atoms with Gasteiger partial charge < -0.3 is 10.4 Å². The molecular formula is C22H31NO6S. The molecule has 0 bridgehead atoms. The molecule has 0 saturated heterocycles. The fourth-order valence-electron chi connectivity index (χ4n) is 5.84. The Morgan fingerprint density at radius 3 is 2.57 bits per heavy atom. The van der Waals surface area contributed by atoms with Gasteiger partial charge in [-0.15, -0.1) is 0 Å². The van der Waals surface area contributed by atoms with E-state index in [1.807, 2.05) is 6.92 Å². The number of Topliss-reactive ketones (excluding diaryl/α,β-unsaturated/α-hetero) is 1. The van der Waals surface area contributed by atoms with Gasteiger partial charge in [0.15, 0.2) is 0 Å². The van der Waals surface area contributed by atoms with E-state index in [4.69, 9.17) is 4.55 Å². The number of ketones is 2. The largest absolute Gasteiger partial charge is 0.505 e. The van der Waals surface area contributed by atoms with Gasteiger partial charge in [-0.2, -0.15) is 8.42 Å². The number of allylic oxidation sites excluding steroid dienone is 3. The summed E-state index contributed by atoms with van der Waals surface area (Å²) in [4.78, 5) is 25.5. The summed E-state index contributed by atoms with van der Waals surface area (Å²) in [6.45, 7) is 10.3. The van der Waals surface area contributed by atoms with Crippen molar-refractivity contribution in [2.75, 3.05) is 12.3 Å². The minimum atomic E-state index is -4.20. The Morgan fingerprint density at radius 1 is 1.27 bits per heavy atom. The molecule has 166 valence electrons. The molecule has 4 atom stereocenters. The van der Waals surface area contributed by atoms with Gasteiger partial charge in [0.2, 0.25) is 11.6 Å². The third kappa shape index (κ3) is 3.64. The molecule has 0 aromatic rings. The van der Waals surface area contributed by atoms with E-state index in [1.54, 1.807) is 0 Å². The molecule has 3 aliphatic carbocycles. The highest BCUT2D eigenvalue weighted by molar-refractivity contribution is 7.85. The van der Waals surface area contributed by atoms with Gasteiger partial charge in [-0.3, -0.25) is 14.1 Å². The van der Waals surface area contributed by atoms with Gasteiger partial charge in [-0.25, -0.2) is 0 Å². The second-order valence-electron chi connectivity index (χ2n) is 9.38. The predicted molar refractivity (Wildman–Crippen MR) is 113 cm³/mol. The monoisotopic (exact) mass is 437 g/mol. The number of carbonyl (C=O) groups is 2. The maximum atomic E-state index is 13.0. The maximum Gasteiger partial charge on any atom is 0.266 e. The smallest absolute Gasteiger partial charge is 0.266 e. The van der Waals surface area contributed by atoms with Crippen LogP contribution in [0, 0.1) is 22.7 Å². The van der Waals surface area contributed by atoms with Crippen LogP contribution in [-0.4, -0.2) is 41.9 Å². The van der Waals surface area contributed by atoms with Crippen molar-refractivity contribution in [1.82, 2.24) is 5.32 Å². The third-order valence-corrected chi connectivity index (χ3v) is 8.54. The van der Waals surface area contributed by atoms with E-state index >= 15 is 0 Å². The number of hydrogen-bond acceptors (Lipinski definition) is 6. The van der Waals surface area contributed by atoms with Crippen molar-refractivity contribution in [2.24, 2.45) is 22.7 Å². The van der Waals surface area contributed by atoms with Gasteiger partial charge in [0, 0.05) is 18.0 Å². The summed E-state index contributed by atoms with van der Waals surface area (Å²) < 4.78 is 30.9. The molecule has 0 heterocycles. The first-order valence-corrected chi connectivity index (χ1v) is 12.0. The van der Waals surface area contributed by atoms with Crippen molar-refractivity contribution < 1.29 is 27.7 Å². The molecule has 2 saturated carbocycles. The highest BCUT2D eigenvalue weighted by atomic mass is 32.2. The first-order chi connectivity index (χ1) is 13.8. The SMILES string of the molecule is C=C1CCC[C@H]2[C@](C)(C3=C(O)C(NCCS(=O)(=O)O)=CC(=O)C3=O)[C@@H](C)CC[C@]12C. The molecule has 2 fully saturated rings. The van der Waals surface area contributed by atoms with Crippen molar-refractivity contribution in [3.8, 4) is 0 Å². The molecule has 3 aliphatic rings. The average Bonchev–Trinajstić information content (AvgIpc) is 2.64. The number of carbonyl (C=O) groups excluding carboxylic acids is 2. The summed E-state index contributed by atoms with van der Waals surface area (Å²) in [6.07, 6.45) is 5.57. The van der Waals surface area contributed by atoms with Crippen LogP contribution in [0.2, 0.25) is 0 Å². The van der Waals surface area contributed by atoms with E-state index in [2.05, 4.69) is 25.7 Å². The Bertz CT molecular complexity index is 962. The zero-order valence-electron chi connectivity index (χ0n) is 17.8. The van der Waals surface area contributed by atoms with Crippen LogP contribution in [0.4, 0.5) is 0 Å². The Kier molecular flexibility index (Phi) is 5.79. The first kappa shape index (κ1) is 22.7. The van der Waals surface area contributed by atoms with Gasteiger partial charge in [-0.05, 0) is 49.4 Å². The molecule has 0 aliphatic heterocycles. The van der Waals surface area contributed by atoms with Crippen molar-refractivity contribution in [2.45, 2.75) is 52.9 Å². The summed E-state index contributed by atoms with van der Waals surface area (Å²) in [5.41, 5.74) is 0.400. The molecule has 0 unspecified atom stereocenters. The minimum absolute atomic E-state index is 0.0218. The average molecular weight is 438 g/mol. The van der Waals surface area contributed by atoms with Crippen molar-refractivity contribution in [1.29, 1.82) is 0 Å². The van der Waals surface area contributed by atoms with Crippen LogP contribution in [0.5, 0.6) is 0 Å². The Labute approximate surface area is 178 Å². The molecule has 30 heavy (non-hydrogen) atoms. The zero-order chi connectivity index (χ0) is 22.5. The summed E-state index contributed by atoms with van der Waals surface area (Å²) in [7, 11) is -4.20. The topological polar surface area (TPSA) is 121 Å². The molecule has 8 heteroatoms. The number of nitrogens with one attached hydrogen (secondary N) is 1. The molecule has 0 aromatic heterocycles. The Balaban J connectivity index is 2.06. The second-order valence-corrected chi connectivity index (χ2v) is 10.9. The van der Waals surface area contributed by atoms with Crippen LogP contribution in [-0.2, 0) is 19.7 Å². The summed E-state index contributed by atoms with van der Waals surface area (Å²) in [5.74, 6) is -2.21. The second kappa shape index (κ2) is 7.64. The number of fused-ring (bicyclic) bond motifs is 1. The van der Waals surface area contributed by atoms with E-state index in [-0.39, 0.29) is 40.8 Å². The van der Waals surface area contributed by atoms with E-state index in [9.17, 15) is 23.1 Å². The van der Waals surface area contributed by atoms with E-state index in [0.717, 1.165) is 43.8 Å². The van der Waals surface area contributed by atoms with Crippen molar-refractivity contribution >= 4 is 21.7 Å². The van der Waals surface area contributed by atoms with Gasteiger partial charge in [0.1, 0.15) is 5.76 Å². The maximum absolute atomic E-state index is 13.0. The standard InChI is InChI=1S/C22H31NO6S/c1-13-6-5-7-17-21(13,3)9-8-14(2)22(17,4)18-19(25)15(12-16(24)20(18)26)23-10-11-30(27,28)29/h12,14,17,23,25H,1,5-11H2,2-4H3,(H,27,28,29)/t14-,17+,21+,22+/m0/s1. The van der Waals surface area contributed by atoms with Crippen LogP contribution in [0.25, 0.3) is 0 Å². The zero-order valence-corrected chi connectivity index (χ0v) is 18.6. The van der Waals surface area contributed by atoms with E-state index in [1.165, 1.54) is 0 Å². The van der Waals surface area contributed by atoms with Crippen LogP contribution in [0.1, 0.15) is 52.9 Å². The number of aliphatic hydroxyl groups is 1. The minimum Gasteiger partial charge on any atom is -0.505 e. The molecule has 3 rings (SSSR count). The lowest BCUT2D eigenvalue weighted by molar-refractivity contribution is -0.134. The molecule has 7 nitrogen and oxygen atoms in total. The van der Waals surface area contributed by atoms with Crippen molar-refractivity contribution in [3.63, 3.8) is 0 Å². The van der Waals surface area contributed by atoms with Gasteiger partial charge in [0.25, 0.3) is 10.1 Å². The highest BCUT2D eigenvalue weighted by Gasteiger charge is 2.58. The quantitative estimate of drug-likeness (QED) is 0.261. The molecule has 0 spiro atoms. The molecule has 0 aromatic carbocycles. The fourth-order valence-corrected chi connectivity index (χ4v) is 6.20. The van der Waals surface area contributed by atoms with E-state index in [0.29, 0.717) is 0 Å². The number of aliphatic hydroxyl groups excluding tert-OH is 1. The first-order valence-electron chi connectivity index (χ1n) is 10.4. The Morgan fingerprint density at radius 2 is 1.93 bits per heavy atom. The summed E-state index contributed by atoms with van der Waals surface area (Å²) >= 11 is 0. The molecule has 0 amide bonds. The predicted octanol–water partition coefficient (Wildman–Crippen LogP) is 3.11. The van der Waals surface area contributed by atoms with Crippen molar-refractivity contribution in [3.05, 3.63) is 35.3 Å². The summed E-state index contributed by atoms with van der Waals surface area (Å²) in [6, 6.07) is 0. The molecule has 0 radical (unpaired) electrons. The normalized spacial score (nSPS) is 35.2. The van der Waals surface area contributed by atoms with Gasteiger partial charge in [0.05, 0.1) is 17.0 Å². The lowest BCUT2D eigenvalue weighted by Crippen LogP contribution is -2.53.